The van der Waals surface area contributed by atoms with Crippen LogP contribution in [-0.2, 0) is 17.9 Å². The highest BCUT2D eigenvalue weighted by Gasteiger charge is 2.28. The molecule has 0 saturated heterocycles. The number of nitrogens with zero attached hydrogens (tertiary/aromatic N) is 3. The van der Waals surface area contributed by atoms with Crippen molar-refractivity contribution >= 4 is 6.29 Å². The summed E-state index contributed by atoms with van der Waals surface area (Å²) in [7, 11) is 1.79. The van der Waals surface area contributed by atoms with Crippen LogP contribution in [0.3, 0.4) is 0 Å². The molecule has 6 heteroatoms. The van der Waals surface area contributed by atoms with Gasteiger partial charge in [0, 0.05) is 12.1 Å². The summed E-state index contributed by atoms with van der Waals surface area (Å²) < 4.78 is 15.3. The van der Waals surface area contributed by atoms with Gasteiger partial charge in [0.15, 0.2) is 0 Å². The molecule has 1 atom stereocenters. The molecule has 1 unspecified atom stereocenters. The molecule has 0 amide bonds. The van der Waals surface area contributed by atoms with Crippen LogP contribution in [0.4, 0.5) is 4.39 Å². The van der Waals surface area contributed by atoms with E-state index < -0.39 is 6.04 Å². The molecule has 1 aliphatic rings. The SMILES string of the molecule is CN1Cc2c(CO)ncn2-c2ccc(F)cc2C1C=O. The number of benzene rings is 1. The second-order valence-corrected chi connectivity index (χ2v) is 4.87. The summed E-state index contributed by atoms with van der Waals surface area (Å²) in [5.41, 5.74) is 2.70. The van der Waals surface area contributed by atoms with E-state index in [0.717, 1.165) is 17.7 Å². The minimum Gasteiger partial charge on any atom is -0.390 e. The first-order valence-electron chi connectivity index (χ1n) is 6.27. The number of hydrogen-bond acceptors (Lipinski definition) is 4. The number of aromatic nitrogens is 2. The number of aliphatic hydroxyl groups excluding tert-OH is 1. The molecule has 0 radical (unpaired) electrons. The number of halogens is 1. The van der Waals surface area contributed by atoms with Gasteiger partial charge in [-0.3, -0.25) is 4.90 Å². The molecule has 0 aliphatic carbocycles. The fourth-order valence-corrected chi connectivity index (χ4v) is 2.65. The van der Waals surface area contributed by atoms with Gasteiger partial charge in [0.05, 0.1) is 36.1 Å². The van der Waals surface area contributed by atoms with Gasteiger partial charge in [-0.25, -0.2) is 9.37 Å². The van der Waals surface area contributed by atoms with Crippen LogP contribution in [-0.4, -0.2) is 32.9 Å². The van der Waals surface area contributed by atoms with Crippen LogP contribution >= 0.6 is 0 Å². The van der Waals surface area contributed by atoms with Crippen LogP contribution in [0.25, 0.3) is 5.69 Å². The summed E-state index contributed by atoms with van der Waals surface area (Å²) in [6, 6.07) is 3.84. The van der Waals surface area contributed by atoms with Crippen molar-refractivity contribution in [3.05, 3.63) is 47.3 Å². The van der Waals surface area contributed by atoms with Gasteiger partial charge in [0.2, 0.25) is 0 Å². The number of carbonyl (C=O) groups excluding carboxylic acids is 1. The second kappa shape index (κ2) is 4.81. The van der Waals surface area contributed by atoms with Crippen molar-refractivity contribution in [2.24, 2.45) is 0 Å². The molecule has 20 heavy (non-hydrogen) atoms. The molecule has 3 rings (SSSR count). The topological polar surface area (TPSA) is 58.4 Å². The van der Waals surface area contributed by atoms with Crippen LogP contribution in [0.5, 0.6) is 0 Å². The van der Waals surface area contributed by atoms with Gasteiger partial charge in [-0.15, -0.1) is 0 Å². The van der Waals surface area contributed by atoms with E-state index in [1.165, 1.54) is 12.1 Å². The molecule has 104 valence electrons. The summed E-state index contributed by atoms with van der Waals surface area (Å²) >= 11 is 0. The minimum atomic E-state index is -0.521. The number of imidazole rings is 1. The Balaban J connectivity index is 2.28. The fourth-order valence-electron chi connectivity index (χ4n) is 2.65. The maximum absolute atomic E-state index is 13.5. The normalized spacial score (nSPS) is 18.2. The first kappa shape index (κ1) is 13.0. The Morgan fingerprint density at radius 1 is 1.55 bits per heavy atom. The molecule has 5 nitrogen and oxygen atoms in total. The van der Waals surface area contributed by atoms with E-state index >= 15 is 0 Å². The Hall–Kier alpha value is -2.05. The van der Waals surface area contributed by atoms with Gasteiger partial charge in [-0.05, 0) is 25.2 Å². The third-order valence-electron chi connectivity index (χ3n) is 3.67. The van der Waals surface area contributed by atoms with Crippen molar-refractivity contribution in [1.29, 1.82) is 0 Å². The predicted molar refractivity (Wildman–Crippen MR) is 69.7 cm³/mol. The quantitative estimate of drug-likeness (QED) is 0.836. The van der Waals surface area contributed by atoms with Gasteiger partial charge in [0.1, 0.15) is 12.1 Å². The smallest absolute Gasteiger partial charge is 0.141 e. The zero-order valence-corrected chi connectivity index (χ0v) is 11.0. The number of aliphatic hydroxyl groups is 1. The Morgan fingerprint density at radius 3 is 3.05 bits per heavy atom. The highest BCUT2D eigenvalue weighted by Crippen LogP contribution is 2.32. The van der Waals surface area contributed by atoms with Crippen LogP contribution in [0, 0.1) is 5.82 Å². The van der Waals surface area contributed by atoms with E-state index in [1.807, 2.05) is 4.90 Å². The van der Waals surface area contributed by atoms with E-state index in [4.69, 9.17) is 0 Å². The van der Waals surface area contributed by atoms with Crippen LogP contribution in [0.2, 0.25) is 0 Å². The van der Waals surface area contributed by atoms with Crippen molar-refractivity contribution in [2.45, 2.75) is 19.2 Å². The molecule has 2 aromatic rings. The number of rotatable bonds is 2. The molecule has 0 saturated carbocycles. The predicted octanol–water partition coefficient (Wildman–Crippen LogP) is 1.19. The third-order valence-corrected chi connectivity index (χ3v) is 3.67. The van der Waals surface area contributed by atoms with Crippen molar-refractivity contribution in [1.82, 2.24) is 14.5 Å². The molecule has 0 spiro atoms. The van der Waals surface area contributed by atoms with Gasteiger partial charge in [-0.2, -0.15) is 0 Å². The largest absolute Gasteiger partial charge is 0.390 e. The lowest BCUT2D eigenvalue weighted by Crippen LogP contribution is -2.24. The molecule has 1 aromatic carbocycles. The highest BCUT2D eigenvalue weighted by molar-refractivity contribution is 5.66. The molecular weight excluding hydrogens is 261 g/mol. The summed E-state index contributed by atoms with van der Waals surface area (Å²) in [6.45, 7) is 0.286. The maximum atomic E-state index is 13.5. The van der Waals surface area contributed by atoms with Crippen molar-refractivity contribution in [3.63, 3.8) is 0 Å². The van der Waals surface area contributed by atoms with Crippen molar-refractivity contribution in [3.8, 4) is 5.69 Å². The lowest BCUT2D eigenvalue weighted by Gasteiger charge is -2.21. The second-order valence-electron chi connectivity index (χ2n) is 4.87. The van der Waals surface area contributed by atoms with Gasteiger partial charge in [0.25, 0.3) is 0 Å². The molecule has 0 bridgehead atoms. The average Bonchev–Trinajstić information content (AvgIpc) is 2.78. The minimum absolute atomic E-state index is 0.168. The van der Waals surface area contributed by atoms with Crippen LogP contribution in [0.15, 0.2) is 24.5 Å². The number of fused-ring (bicyclic) bond motifs is 3. The summed E-state index contributed by atoms with van der Waals surface area (Å²) in [6.07, 6.45) is 2.40. The lowest BCUT2D eigenvalue weighted by atomic mass is 10.0. The fraction of sp³-hybridized carbons (Fsp3) is 0.286. The molecule has 1 aliphatic heterocycles. The zero-order chi connectivity index (χ0) is 14.3. The number of likely N-dealkylation sites (N-methyl/N-ethyl adjacent to an activating group) is 1. The summed E-state index contributed by atoms with van der Waals surface area (Å²) in [5.74, 6) is -0.380. The van der Waals surface area contributed by atoms with E-state index in [-0.39, 0.29) is 12.4 Å². The van der Waals surface area contributed by atoms with E-state index in [0.29, 0.717) is 17.8 Å². The van der Waals surface area contributed by atoms with Crippen molar-refractivity contribution < 1.29 is 14.3 Å². The Morgan fingerprint density at radius 2 is 2.35 bits per heavy atom. The summed E-state index contributed by atoms with van der Waals surface area (Å²) in [4.78, 5) is 17.4. The molecule has 1 aromatic heterocycles. The number of carbonyl (C=O) groups is 1. The monoisotopic (exact) mass is 275 g/mol. The number of aldehydes is 1. The molecule has 2 heterocycles. The van der Waals surface area contributed by atoms with Gasteiger partial charge >= 0.3 is 0 Å². The van der Waals surface area contributed by atoms with Crippen LogP contribution in [0.1, 0.15) is 23.0 Å². The third kappa shape index (κ3) is 1.85. The Labute approximate surface area is 115 Å². The Kier molecular flexibility index (Phi) is 3.11. The first-order valence-corrected chi connectivity index (χ1v) is 6.27. The molecular formula is C14H14FN3O2. The number of hydrogen-bond donors (Lipinski definition) is 1. The summed E-state index contributed by atoms with van der Waals surface area (Å²) in [5, 5.41) is 9.35. The highest BCUT2D eigenvalue weighted by atomic mass is 19.1. The lowest BCUT2D eigenvalue weighted by molar-refractivity contribution is -0.112. The van der Waals surface area contributed by atoms with Gasteiger partial charge in [-0.1, -0.05) is 0 Å². The average molecular weight is 275 g/mol. The molecule has 0 fully saturated rings. The molecule has 1 N–H and O–H groups in total. The van der Waals surface area contributed by atoms with E-state index in [1.54, 1.807) is 24.0 Å². The van der Waals surface area contributed by atoms with Crippen LogP contribution < -0.4 is 0 Å². The first-order chi connectivity index (χ1) is 9.65. The standard InChI is InChI=1S/C14H14FN3O2/c1-17-5-13-11(6-19)16-8-18(13)12-3-2-9(15)4-10(12)14(17)7-20/h2-4,7-8,14,19H,5-6H2,1H3. The zero-order valence-electron chi connectivity index (χ0n) is 11.0. The maximum Gasteiger partial charge on any atom is 0.141 e. The van der Waals surface area contributed by atoms with E-state index in [2.05, 4.69) is 4.98 Å². The van der Waals surface area contributed by atoms with Gasteiger partial charge < -0.3 is 14.5 Å². The van der Waals surface area contributed by atoms with Crippen molar-refractivity contribution in [2.75, 3.05) is 7.05 Å². The Bertz CT molecular complexity index is 668. The van der Waals surface area contributed by atoms with E-state index in [9.17, 15) is 14.3 Å².